The largest absolute Gasteiger partial charge is 0.379 e. The van der Waals surface area contributed by atoms with E-state index in [1.807, 2.05) is 42.5 Å². The Bertz CT molecular complexity index is 753. The van der Waals surface area contributed by atoms with Crippen molar-refractivity contribution >= 4 is 5.69 Å². The Hall–Kier alpha value is -3.13. The molecule has 0 aliphatic carbocycles. The second-order valence-electron chi connectivity index (χ2n) is 4.53. The van der Waals surface area contributed by atoms with E-state index in [1.165, 1.54) is 0 Å². The maximum atomic E-state index is 8.78. The normalized spacial score (nSPS) is 10.0. The van der Waals surface area contributed by atoms with Gasteiger partial charge in [0, 0.05) is 11.3 Å². The van der Waals surface area contributed by atoms with Gasteiger partial charge in [-0.05, 0) is 24.3 Å². The Kier molecular flexibility index (Phi) is 3.61. The lowest BCUT2D eigenvalue weighted by molar-refractivity contribution is 0.911. The topological polar surface area (TPSA) is 77.4 Å². The lowest BCUT2D eigenvalue weighted by Gasteiger charge is -2.05. The van der Waals surface area contributed by atoms with Gasteiger partial charge in [0.15, 0.2) is 0 Å². The minimum absolute atomic E-state index is 0.562. The van der Waals surface area contributed by atoms with Crippen LogP contribution in [0.3, 0.4) is 0 Å². The van der Waals surface area contributed by atoms with Gasteiger partial charge >= 0.3 is 0 Å². The highest BCUT2D eigenvalue weighted by Gasteiger charge is 2.09. The van der Waals surface area contributed by atoms with Crippen molar-refractivity contribution in [3.8, 4) is 17.3 Å². The van der Waals surface area contributed by atoms with Gasteiger partial charge in [-0.25, -0.2) is 0 Å². The van der Waals surface area contributed by atoms with E-state index >= 15 is 0 Å². The summed E-state index contributed by atoms with van der Waals surface area (Å²) < 4.78 is 0. The monoisotopic (exact) mass is 275 g/mol. The van der Waals surface area contributed by atoms with Crippen LogP contribution in [0, 0.1) is 11.3 Å². The molecule has 0 saturated carbocycles. The summed E-state index contributed by atoms with van der Waals surface area (Å²) >= 11 is 0. The number of nitriles is 1. The number of hydrogen-bond acceptors (Lipinski definition) is 4. The lowest BCUT2D eigenvalue weighted by Crippen LogP contribution is -2.01. The molecule has 1 aromatic heterocycles. The number of aromatic amines is 1. The Balaban J connectivity index is 1.74. The van der Waals surface area contributed by atoms with Crippen LogP contribution in [0.25, 0.3) is 11.3 Å². The third kappa shape index (κ3) is 2.90. The van der Waals surface area contributed by atoms with Crippen LogP contribution in [0.1, 0.15) is 11.3 Å². The Morgan fingerprint density at radius 1 is 1.00 bits per heavy atom. The summed E-state index contributed by atoms with van der Waals surface area (Å²) in [5.41, 5.74) is 4.31. The van der Waals surface area contributed by atoms with E-state index in [1.54, 1.807) is 12.1 Å². The van der Waals surface area contributed by atoms with E-state index < -0.39 is 0 Å². The third-order valence-electron chi connectivity index (χ3n) is 3.14. The van der Waals surface area contributed by atoms with Crippen LogP contribution < -0.4 is 5.32 Å². The van der Waals surface area contributed by atoms with Crippen LogP contribution in [-0.2, 0) is 6.54 Å². The number of H-pyrrole nitrogens is 1. The standard InChI is InChI=1S/C16H13N5/c17-10-12-6-8-14(9-7-12)18-11-15-16(20-21-19-15)13-4-2-1-3-5-13/h1-9,18H,11H2,(H,19,20,21). The molecule has 1 heterocycles. The zero-order valence-electron chi connectivity index (χ0n) is 11.2. The molecule has 0 radical (unpaired) electrons. The third-order valence-corrected chi connectivity index (χ3v) is 3.14. The van der Waals surface area contributed by atoms with Crippen molar-refractivity contribution < 1.29 is 0 Å². The van der Waals surface area contributed by atoms with Gasteiger partial charge in [-0.2, -0.15) is 20.7 Å². The lowest BCUT2D eigenvalue weighted by atomic mass is 10.1. The van der Waals surface area contributed by atoms with Gasteiger partial charge in [-0.15, -0.1) is 0 Å². The highest BCUT2D eigenvalue weighted by molar-refractivity contribution is 5.61. The highest BCUT2D eigenvalue weighted by Crippen LogP contribution is 2.20. The number of aromatic nitrogens is 3. The molecule has 21 heavy (non-hydrogen) atoms. The minimum Gasteiger partial charge on any atom is -0.379 e. The summed E-state index contributed by atoms with van der Waals surface area (Å²) in [5, 5.41) is 23.1. The van der Waals surface area contributed by atoms with Crippen molar-refractivity contribution in [3.05, 3.63) is 65.9 Å². The van der Waals surface area contributed by atoms with E-state index in [4.69, 9.17) is 5.26 Å². The zero-order valence-corrected chi connectivity index (χ0v) is 11.2. The molecule has 0 atom stereocenters. The van der Waals surface area contributed by atoms with Crippen molar-refractivity contribution in [1.82, 2.24) is 15.4 Å². The van der Waals surface area contributed by atoms with Gasteiger partial charge in [0.1, 0.15) is 11.4 Å². The number of hydrogen-bond donors (Lipinski definition) is 2. The fourth-order valence-electron chi connectivity index (χ4n) is 2.05. The van der Waals surface area contributed by atoms with Crippen molar-refractivity contribution in [3.63, 3.8) is 0 Å². The fourth-order valence-corrected chi connectivity index (χ4v) is 2.05. The summed E-state index contributed by atoms with van der Waals surface area (Å²) in [6.07, 6.45) is 0. The van der Waals surface area contributed by atoms with E-state index in [9.17, 15) is 0 Å². The van der Waals surface area contributed by atoms with E-state index in [0.717, 1.165) is 22.6 Å². The molecule has 3 aromatic rings. The average molecular weight is 275 g/mol. The maximum absolute atomic E-state index is 8.78. The molecule has 0 bridgehead atoms. The maximum Gasteiger partial charge on any atom is 0.117 e. The molecule has 0 spiro atoms. The average Bonchev–Trinajstić information content (AvgIpc) is 3.03. The first-order valence-corrected chi connectivity index (χ1v) is 6.56. The van der Waals surface area contributed by atoms with Crippen LogP contribution in [0.5, 0.6) is 0 Å². The van der Waals surface area contributed by atoms with Gasteiger partial charge in [0.2, 0.25) is 0 Å². The summed E-state index contributed by atoms with van der Waals surface area (Å²) in [5.74, 6) is 0. The smallest absolute Gasteiger partial charge is 0.117 e. The number of anilines is 1. The second-order valence-corrected chi connectivity index (χ2v) is 4.53. The Morgan fingerprint density at radius 3 is 2.48 bits per heavy atom. The molecular formula is C16H13N5. The highest BCUT2D eigenvalue weighted by atomic mass is 15.3. The summed E-state index contributed by atoms with van der Waals surface area (Å²) in [6, 6.07) is 19.3. The number of rotatable bonds is 4. The van der Waals surface area contributed by atoms with E-state index in [0.29, 0.717) is 12.1 Å². The molecule has 0 saturated heterocycles. The Morgan fingerprint density at radius 2 is 1.76 bits per heavy atom. The van der Waals surface area contributed by atoms with E-state index in [-0.39, 0.29) is 0 Å². The van der Waals surface area contributed by atoms with Gasteiger partial charge in [0.25, 0.3) is 0 Å². The molecule has 0 amide bonds. The first-order chi connectivity index (χ1) is 10.4. The molecular weight excluding hydrogens is 262 g/mol. The molecule has 2 aromatic carbocycles. The zero-order chi connectivity index (χ0) is 14.5. The van der Waals surface area contributed by atoms with E-state index in [2.05, 4.69) is 26.8 Å². The quantitative estimate of drug-likeness (QED) is 0.767. The molecule has 5 heteroatoms. The van der Waals surface area contributed by atoms with Crippen molar-refractivity contribution in [2.24, 2.45) is 0 Å². The summed E-state index contributed by atoms with van der Waals surface area (Å²) in [7, 11) is 0. The molecule has 5 nitrogen and oxygen atoms in total. The number of nitrogens with zero attached hydrogens (tertiary/aromatic N) is 3. The Labute approximate surface area is 122 Å². The second kappa shape index (κ2) is 5.88. The van der Waals surface area contributed by atoms with Crippen molar-refractivity contribution in [1.29, 1.82) is 5.26 Å². The molecule has 102 valence electrons. The first-order valence-electron chi connectivity index (χ1n) is 6.56. The van der Waals surface area contributed by atoms with Crippen LogP contribution in [0.4, 0.5) is 5.69 Å². The fraction of sp³-hybridized carbons (Fsp3) is 0.0625. The predicted octanol–water partition coefficient (Wildman–Crippen LogP) is 2.96. The van der Waals surface area contributed by atoms with Gasteiger partial charge < -0.3 is 5.32 Å². The summed E-state index contributed by atoms with van der Waals surface area (Å²) in [6.45, 7) is 0.562. The number of benzene rings is 2. The van der Waals surface area contributed by atoms with Crippen molar-refractivity contribution in [2.75, 3.05) is 5.32 Å². The van der Waals surface area contributed by atoms with Gasteiger partial charge in [-0.1, -0.05) is 30.3 Å². The summed E-state index contributed by atoms with van der Waals surface area (Å²) in [4.78, 5) is 0. The van der Waals surface area contributed by atoms with Crippen molar-refractivity contribution in [2.45, 2.75) is 6.54 Å². The van der Waals surface area contributed by atoms with Crippen LogP contribution in [-0.4, -0.2) is 15.4 Å². The molecule has 0 aliphatic rings. The molecule has 0 unspecified atom stereocenters. The molecule has 0 fully saturated rings. The molecule has 0 aliphatic heterocycles. The SMILES string of the molecule is N#Cc1ccc(NCc2n[nH]nc2-c2ccccc2)cc1. The van der Waals surface area contributed by atoms with Crippen LogP contribution >= 0.6 is 0 Å². The first kappa shape index (κ1) is 12.9. The van der Waals surface area contributed by atoms with Gasteiger partial charge in [0.05, 0.1) is 18.2 Å². The molecule has 3 rings (SSSR count). The van der Waals surface area contributed by atoms with Crippen LogP contribution in [0.2, 0.25) is 0 Å². The predicted molar refractivity (Wildman–Crippen MR) is 80.3 cm³/mol. The number of nitrogens with one attached hydrogen (secondary N) is 2. The minimum atomic E-state index is 0.562. The molecule has 2 N–H and O–H groups in total. The van der Waals surface area contributed by atoms with Gasteiger partial charge in [-0.3, -0.25) is 0 Å². The van der Waals surface area contributed by atoms with Crippen LogP contribution in [0.15, 0.2) is 54.6 Å².